The molecule has 0 aliphatic heterocycles. The van der Waals surface area contributed by atoms with Crippen molar-refractivity contribution in [3.8, 4) is 0 Å². The number of fused-ring (bicyclic) bond motifs is 1. The maximum atomic E-state index is 11.8. The van der Waals surface area contributed by atoms with Crippen molar-refractivity contribution >= 4 is 23.0 Å². The van der Waals surface area contributed by atoms with Gasteiger partial charge in [-0.05, 0) is 49.0 Å². The Hall–Kier alpha value is -1.16. The third kappa shape index (κ3) is 3.06. The Bertz CT molecular complexity index is 466. The van der Waals surface area contributed by atoms with Crippen LogP contribution in [0.2, 0.25) is 0 Å². The zero-order valence-corrected chi connectivity index (χ0v) is 11.9. The number of nitrogens with zero attached hydrogens (tertiary/aromatic N) is 1. The summed E-state index contributed by atoms with van der Waals surface area (Å²) in [6.07, 6.45) is 8.94. The molecule has 3 rings (SSSR count). The molecular formula is C15H20N2OS. The topological polar surface area (TPSA) is 41.5 Å². The van der Waals surface area contributed by atoms with Crippen molar-refractivity contribution in [3.05, 3.63) is 22.4 Å². The first kappa shape index (κ1) is 12.9. The molecule has 0 radical (unpaired) electrons. The van der Waals surface area contributed by atoms with E-state index in [4.69, 9.17) is 0 Å². The molecule has 19 heavy (non-hydrogen) atoms. The van der Waals surface area contributed by atoms with E-state index in [-0.39, 0.29) is 5.91 Å². The van der Waals surface area contributed by atoms with Crippen LogP contribution in [-0.4, -0.2) is 11.6 Å². The quantitative estimate of drug-likeness (QED) is 0.820. The van der Waals surface area contributed by atoms with E-state index in [0.717, 1.165) is 29.6 Å². The number of rotatable bonds is 2. The Labute approximate surface area is 118 Å². The van der Waals surface area contributed by atoms with E-state index in [9.17, 15) is 4.79 Å². The van der Waals surface area contributed by atoms with Gasteiger partial charge in [-0.15, -0.1) is 11.3 Å². The summed E-state index contributed by atoms with van der Waals surface area (Å²) in [4.78, 5) is 12.6. The highest BCUT2D eigenvalue weighted by Crippen LogP contribution is 2.39. The van der Waals surface area contributed by atoms with Gasteiger partial charge < -0.3 is 0 Å². The molecule has 0 unspecified atom stereocenters. The monoisotopic (exact) mass is 276 g/mol. The van der Waals surface area contributed by atoms with Gasteiger partial charge in [0.1, 0.15) is 0 Å². The van der Waals surface area contributed by atoms with E-state index in [1.165, 1.54) is 49.2 Å². The first-order valence-electron chi connectivity index (χ1n) is 7.22. The van der Waals surface area contributed by atoms with Crippen molar-refractivity contribution in [2.24, 2.45) is 16.9 Å². The lowest BCUT2D eigenvalue weighted by molar-refractivity contribution is 0.0958. The van der Waals surface area contributed by atoms with Crippen LogP contribution in [0.3, 0.4) is 0 Å². The molecule has 4 heteroatoms. The third-order valence-corrected chi connectivity index (χ3v) is 5.30. The minimum absolute atomic E-state index is 0.0757. The highest BCUT2D eigenvalue weighted by atomic mass is 32.1. The molecular weight excluding hydrogens is 256 g/mol. The van der Waals surface area contributed by atoms with Crippen LogP contribution in [-0.2, 0) is 0 Å². The van der Waals surface area contributed by atoms with Gasteiger partial charge in [0.25, 0.3) is 5.91 Å². The lowest BCUT2D eigenvalue weighted by Crippen LogP contribution is -2.29. The molecule has 2 aliphatic rings. The summed E-state index contributed by atoms with van der Waals surface area (Å²) >= 11 is 1.45. The Morgan fingerprint density at radius 3 is 2.89 bits per heavy atom. The lowest BCUT2D eigenvalue weighted by Gasteiger charge is -2.35. The van der Waals surface area contributed by atoms with Crippen LogP contribution >= 0.6 is 11.3 Å². The van der Waals surface area contributed by atoms with Crippen LogP contribution in [0.15, 0.2) is 22.6 Å². The highest BCUT2D eigenvalue weighted by molar-refractivity contribution is 7.12. The predicted molar refractivity (Wildman–Crippen MR) is 78.5 cm³/mol. The fourth-order valence-corrected chi connectivity index (χ4v) is 4.00. The Morgan fingerprint density at radius 2 is 2.11 bits per heavy atom. The fraction of sp³-hybridized carbons (Fsp3) is 0.600. The van der Waals surface area contributed by atoms with Crippen LogP contribution < -0.4 is 5.43 Å². The van der Waals surface area contributed by atoms with Gasteiger partial charge in [-0.1, -0.05) is 25.3 Å². The molecule has 3 nitrogen and oxygen atoms in total. The molecule has 0 bridgehead atoms. The van der Waals surface area contributed by atoms with E-state index in [0.29, 0.717) is 0 Å². The van der Waals surface area contributed by atoms with Gasteiger partial charge in [-0.2, -0.15) is 5.10 Å². The summed E-state index contributed by atoms with van der Waals surface area (Å²) in [5.74, 6) is 1.66. The standard InChI is InChI=1S/C15H20N2OS/c18-15(14-6-3-9-19-14)17-16-13-8-7-11-4-1-2-5-12(11)10-13/h3,6,9,11-12H,1-2,4-5,7-8,10H2,(H,17,18)/b16-13+/t11-,12-/m1/s1. The number of hydrogen-bond donors (Lipinski definition) is 1. The van der Waals surface area contributed by atoms with Gasteiger partial charge in [0.2, 0.25) is 0 Å². The summed E-state index contributed by atoms with van der Waals surface area (Å²) in [7, 11) is 0. The Morgan fingerprint density at radius 1 is 1.26 bits per heavy atom. The van der Waals surface area contributed by atoms with Gasteiger partial charge >= 0.3 is 0 Å². The Balaban J connectivity index is 1.57. The van der Waals surface area contributed by atoms with Gasteiger partial charge in [-0.3, -0.25) is 4.79 Å². The molecule has 1 aromatic rings. The van der Waals surface area contributed by atoms with Crippen molar-refractivity contribution in [1.82, 2.24) is 5.43 Å². The maximum absolute atomic E-state index is 11.8. The van der Waals surface area contributed by atoms with Crippen LogP contribution in [0.4, 0.5) is 0 Å². The van der Waals surface area contributed by atoms with E-state index >= 15 is 0 Å². The van der Waals surface area contributed by atoms with Crippen LogP contribution in [0, 0.1) is 11.8 Å². The number of nitrogens with one attached hydrogen (secondary N) is 1. The summed E-state index contributed by atoms with van der Waals surface area (Å²) < 4.78 is 0. The van der Waals surface area contributed by atoms with Crippen molar-refractivity contribution in [2.45, 2.75) is 44.9 Å². The van der Waals surface area contributed by atoms with Gasteiger partial charge in [0.15, 0.2) is 0 Å². The second-order valence-corrected chi connectivity index (χ2v) is 6.59. The number of hydrogen-bond acceptors (Lipinski definition) is 3. The SMILES string of the molecule is O=C(N/N=C1\CC[C@H]2CCCC[C@@H]2C1)c1cccs1. The largest absolute Gasteiger partial charge is 0.281 e. The Kier molecular flexibility index (Phi) is 3.97. The third-order valence-electron chi connectivity index (χ3n) is 4.43. The summed E-state index contributed by atoms with van der Waals surface area (Å²) in [5, 5.41) is 6.27. The summed E-state index contributed by atoms with van der Waals surface area (Å²) in [6, 6.07) is 3.72. The zero-order chi connectivity index (χ0) is 13.1. The number of carbonyl (C=O) groups excluding carboxylic acids is 1. The lowest BCUT2D eigenvalue weighted by atomic mass is 9.70. The molecule has 102 valence electrons. The van der Waals surface area contributed by atoms with E-state index in [1.54, 1.807) is 0 Å². The van der Waals surface area contributed by atoms with Gasteiger partial charge in [0.05, 0.1) is 4.88 Å². The average Bonchev–Trinajstić information content (AvgIpc) is 2.99. The van der Waals surface area contributed by atoms with E-state index < -0.39 is 0 Å². The molecule has 1 amide bonds. The summed E-state index contributed by atoms with van der Waals surface area (Å²) in [6.45, 7) is 0. The highest BCUT2D eigenvalue weighted by Gasteiger charge is 2.30. The number of amides is 1. The van der Waals surface area contributed by atoms with Crippen molar-refractivity contribution in [3.63, 3.8) is 0 Å². The molecule has 2 aliphatic carbocycles. The number of carbonyl (C=O) groups is 1. The first-order valence-corrected chi connectivity index (χ1v) is 8.10. The normalized spacial score (nSPS) is 28.9. The van der Waals surface area contributed by atoms with E-state index in [2.05, 4.69) is 10.5 Å². The molecule has 1 heterocycles. The van der Waals surface area contributed by atoms with Crippen molar-refractivity contribution < 1.29 is 4.79 Å². The second-order valence-electron chi connectivity index (χ2n) is 5.64. The number of thiophene rings is 1. The van der Waals surface area contributed by atoms with Crippen molar-refractivity contribution in [1.29, 1.82) is 0 Å². The molecule has 0 aromatic carbocycles. The second kappa shape index (κ2) is 5.87. The fourth-order valence-electron chi connectivity index (χ4n) is 3.38. The molecule has 2 saturated carbocycles. The molecule has 1 N–H and O–H groups in total. The van der Waals surface area contributed by atoms with E-state index in [1.807, 2.05) is 17.5 Å². The van der Waals surface area contributed by atoms with Crippen LogP contribution in [0.1, 0.15) is 54.6 Å². The molecule has 2 fully saturated rings. The first-order chi connectivity index (χ1) is 9.33. The minimum Gasteiger partial charge on any atom is -0.266 e. The number of hydrazone groups is 1. The zero-order valence-electron chi connectivity index (χ0n) is 11.1. The molecule has 0 saturated heterocycles. The van der Waals surface area contributed by atoms with Crippen LogP contribution in [0.25, 0.3) is 0 Å². The van der Waals surface area contributed by atoms with Crippen molar-refractivity contribution in [2.75, 3.05) is 0 Å². The summed E-state index contributed by atoms with van der Waals surface area (Å²) in [5.41, 5.74) is 3.90. The minimum atomic E-state index is -0.0757. The average molecular weight is 276 g/mol. The van der Waals surface area contributed by atoms with Gasteiger partial charge in [0, 0.05) is 5.71 Å². The molecule has 0 spiro atoms. The van der Waals surface area contributed by atoms with Gasteiger partial charge in [-0.25, -0.2) is 5.43 Å². The molecule has 1 aromatic heterocycles. The van der Waals surface area contributed by atoms with Crippen LogP contribution in [0.5, 0.6) is 0 Å². The molecule has 2 atom stereocenters. The smallest absolute Gasteiger partial charge is 0.266 e. The maximum Gasteiger partial charge on any atom is 0.281 e. The predicted octanol–water partition coefficient (Wildman–Crippen LogP) is 3.82.